The Morgan fingerprint density at radius 1 is 1.35 bits per heavy atom. The van der Waals surface area contributed by atoms with Crippen molar-refractivity contribution in [1.82, 2.24) is 4.90 Å². The van der Waals surface area contributed by atoms with Crippen molar-refractivity contribution in [3.8, 4) is 0 Å². The van der Waals surface area contributed by atoms with Crippen molar-refractivity contribution in [1.29, 1.82) is 0 Å². The van der Waals surface area contributed by atoms with Crippen LogP contribution in [0.15, 0.2) is 24.3 Å². The Balaban J connectivity index is 2.10. The van der Waals surface area contributed by atoms with Gasteiger partial charge in [-0.2, -0.15) is 0 Å². The van der Waals surface area contributed by atoms with Crippen molar-refractivity contribution >= 4 is 12.2 Å². The van der Waals surface area contributed by atoms with Crippen LogP contribution in [0, 0.1) is 5.92 Å². The molecule has 1 saturated heterocycles. The molecule has 90 valence electrons. The largest absolute Gasteiger partial charge is 0.338 e. The van der Waals surface area contributed by atoms with Crippen LogP contribution in [0.4, 0.5) is 0 Å². The molecule has 0 radical (unpaired) electrons. The summed E-state index contributed by atoms with van der Waals surface area (Å²) in [5.74, 6) is 0.663. The molecular formula is C14H17NO2. The zero-order chi connectivity index (χ0) is 12.3. The average Bonchev–Trinajstić information content (AvgIpc) is 2.38. The molecular weight excluding hydrogens is 214 g/mol. The first kappa shape index (κ1) is 11.8. The highest BCUT2D eigenvalue weighted by Crippen LogP contribution is 2.17. The molecule has 3 nitrogen and oxygen atoms in total. The highest BCUT2D eigenvalue weighted by atomic mass is 16.2. The molecule has 1 heterocycles. The summed E-state index contributed by atoms with van der Waals surface area (Å²) in [4.78, 5) is 24.6. The van der Waals surface area contributed by atoms with Gasteiger partial charge in [0.25, 0.3) is 5.91 Å². The van der Waals surface area contributed by atoms with Gasteiger partial charge in [-0.1, -0.05) is 19.1 Å². The van der Waals surface area contributed by atoms with Crippen LogP contribution in [0.5, 0.6) is 0 Å². The molecule has 1 amide bonds. The Labute approximate surface area is 101 Å². The average molecular weight is 231 g/mol. The van der Waals surface area contributed by atoms with Crippen LogP contribution < -0.4 is 0 Å². The molecule has 0 spiro atoms. The minimum absolute atomic E-state index is 0.0778. The van der Waals surface area contributed by atoms with Crippen molar-refractivity contribution in [2.75, 3.05) is 13.1 Å². The van der Waals surface area contributed by atoms with E-state index in [4.69, 9.17) is 0 Å². The van der Waals surface area contributed by atoms with Gasteiger partial charge in [-0.15, -0.1) is 0 Å². The van der Waals surface area contributed by atoms with Crippen LogP contribution >= 0.6 is 0 Å². The Hall–Kier alpha value is -1.64. The van der Waals surface area contributed by atoms with E-state index < -0.39 is 0 Å². The van der Waals surface area contributed by atoms with Gasteiger partial charge in [0.15, 0.2) is 0 Å². The molecule has 1 fully saturated rings. The number of nitrogens with zero attached hydrogens (tertiary/aromatic N) is 1. The first-order valence-electron chi connectivity index (χ1n) is 6.05. The van der Waals surface area contributed by atoms with Crippen molar-refractivity contribution in [3.05, 3.63) is 35.4 Å². The van der Waals surface area contributed by atoms with E-state index in [2.05, 4.69) is 6.92 Å². The van der Waals surface area contributed by atoms with E-state index in [-0.39, 0.29) is 5.91 Å². The summed E-state index contributed by atoms with van der Waals surface area (Å²) in [5.41, 5.74) is 1.28. The maximum atomic E-state index is 12.2. The van der Waals surface area contributed by atoms with Gasteiger partial charge < -0.3 is 4.90 Å². The summed E-state index contributed by atoms with van der Waals surface area (Å²) >= 11 is 0. The summed E-state index contributed by atoms with van der Waals surface area (Å²) < 4.78 is 0. The predicted molar refractivity (Wildman–Crippen MR) is 66.1 cm³/mol. The Morgan fingerprint density at radius 2 is 2.06 bits per heavy atom. The maximum absolute atomic E-state index is 12.2. The van der Waals surface area contributed by atoms with E-state index in [1.807, 2.05) is 4.90 Å². The zero-order valence-electron chi connectivity index (χ0n) is 10.1. The number of aldehydes is 1. The number of benzene rings is 1. The molecule has 1 aromatic carbocycles. The molecule has 0 N–H and O–H groups in total. The topological polar surface area (TPSA) is 37.4 Å². The van der Waals surface area contributed by atoms with E-state index in [0.717, 1.165) is 25.8 Å². The minimum atomic E-state index is 0.0778. The molecule has 1 aliphatic rings. The first-order chi connectivity index (χ1) is 8.20. The van der Waals surface area contributed by atoms with E-state index in [9.17, 15) is 9.59 Å². The number of piperidine rings is 1. The number of carbonyl (C=O) groups is 2. The minimum Gasteiger partial charge on any atom is -0.338 e. The number of rotatable bonds is 2. The lowest BCUT2D eigenvalue weighted by atomic mass is 9.99. The van der Waals surface area contributed by atoms with Crippen molar-refractivity contribution < 1.29 is 9.59 Å². The molecule has 1 atom stereocenters. The SMILES string of the molecule is CC1CCCN(C(=O)c2ccc(C=O)cc2)C1. The van der Waals surface area contributed by atoms with Crippen LogP contribution in [0.1, 0.15) is 40.5 Å². The molecule has 17 heavy (non-hydrogen) atoms. The molecule has 0 bridgehead atoms. The highest BCUT2D eigenvalue weighted by Gasteiger charge is 2.21. The third kappa shape index (κ3) is 2.73. The fourth-order valence-corrected chi connectivity index (χ4v) is 2.26. The zero-order valence-corrected chi connectivity index (χ0v) is 10.1. The van der Waals surface area contributed by atoms with Gasteiger partial charge in [-0.3, -0.25) is 9.59 Å². The van der Waals surface area contributed by atoms with Crippen molar-refractivity contribution in [2.24, 2.45) is 5.92 Å². The van der Waals surface area contributed by atoms with Crippen LogP contribution in [0.3, 0.4) is 0 Å². The molecule has 1 aliphatic heterocycles. The number of likely N-dealkylation sites (tertiary alicyclic amines) is 1. The Kier molecular flexibility index (Phi) is 3.57. The highest BCUT2D eigenvalue weighted by molar-refractivity contribution is 5.94. The predicted octanol–water partition coefficient (Wildman–Crippen LogP) is 2.37. The summed E-state index contributed by atoms with van der Waals surface area (Å²) in [7, 11) is 0. The quantitative estimate of drug-likeness (QED) is 0.733. The standard InChI is InChI=1S/C14H17NO2/c1-11-3-2-8-15(9-11)14(17)13-6-4-12(10-16)5-7-13/h4-7,10-11H,2-3,8-9H2,1H3. The molecule has 0 aromatic heterocycles. The van der Waals surface area contributed by atoms with Gasteiger partial charge in [0.2, 0.25) is 0 Å². The molecule has 3 heteroatoms. The second-order valence-electron chi connectivity index (χ2n) is 4.74. The lowest BCUT2D eigenvalue weighted by Crippen LogP contribution is -2.39. The third-order valence-electron chi connectivity index (χ3n) is 3.24. The Morgan fingerprint density at radius 3 is 2.65 bits per heavy atom. The lowest BCUT2D eigenvalue weighted by Gasteiger charge is -2.31. The van der Waals surface area contributed by atoms with E-state index >= 15 is 0 Å². The fourth-order valence-electron chi connectivity index (χ4n) is 2.26. The van der Waals surface area contributed by atoms with Crippen LogP contribution in [-0.4, -0.2) is 30.2 Å². The number of hydrogen-bond donors (Lipinski definition) is 0. The van der Waals surface area contributed by atoms with Crippen LogP contribution in [0.2, 0.25) is 0 Å². The molecule has 1 aromatic rings. The van der Waals surface area contributed by atoms with Crippen LogP contribution in [0.25, 0.3) is 0 Å². The number of hydrogen-bond acceptors (Lipinski definition) is 2. The Bertz CT molecular complexity index is 411. The van der Waals surface area contributed by atoms with Gasteiger partial charge in [-0.05, 0) is 30.9 Å². The summed E-state index contributed by atoms with van der Waals surface area (Å²) in [6.45, 7) is 3.86. The summed E-state index contributed by atoms with van der Waals surface area (Å²) in [6, 6.07) is 6.83. The monoisotopic (exact) mass is 231 g/mol. The van der Waals surface area contributed by atoms with E-state index in [1.54, 1.807) is 24.3 Å². The van der Waals surface area contributed by atoms with Crippen molar-refractivity contribution in [3.63, 3.8) is 0 Å². The smallest absolute Gasteiger partial charge is 0.253 e. The second kappa shape index (κ2) is 5.13. The molecule has 2 rings (SSSR count). The lowest BCUT2D eigenvalue weighted by molar-refractivity contribution is 0.0683. The van der Waals surface area contributed by atoms with Gasteiger partial charge in [-0.25, -0.2) is 0 Å². The molecule has 1 unspecified atom stereocenters. The maximum Gasteiger partial charge on any atom is 0.253 e. The van der Waals surface area contributed by atoms with Gasteiger partial charge in [0, 0.05) is 24.2 Å². The van der Waals surface area contributed by atoms with Crippen LogP contribution in [-0.2, 0) is 0 Å². The van der Waals surface area contributed by atoms with Gasteiger partial charge in [0.05, 0.1) is 0 Å². The molecule has 0 saturated carbocycles. The second-order valence-corrected chi connectivity index (χ2v) is 4.74. The number of amides is 1. The van der Waals surface area contributed by atoms with E-state index in [1.165, 1.54) is 6.42 Å². The van der Waals surface area contributed by atoms with E-state index in [0.29, 0.717) is 17.0 Å². The van der Waals surface area contributed by atoms with Gasteiger partial charge in [0.1, 0.15) is 6.29 Å². The molecule has 0 aliphatic carbocycles. The normalized spacial score (nSPS) is 20.1. The third-order valence-corrected chi connectivity index (χ3v) is 3.24. The van der Waals surface area contributed by atoms with Gasteiger partial charge >= 0.3 is 0 Å². The fraction of sp³-hybridized carbons (Fsp3) is 0.429. The first-order valence-corrected chi connectivity index (χ1v) is 6.05. The summed E-state index contributed by atoms with van der Waals surface area (Å²) in [6.07, 6.45) is 3.07. The number of carbonyl (C=O) groups excluding carboxylic acids is 2. The summed E-state index contributed by atoms with van der Waals surface area (Å²) in [5, 5.41) is 0. The van der Waals surface area contributed by atoms with Crippen molar-refractivity contribution in [2.45, 2.75) is 19.8 Å².